The molecular weight excluding hydrogens is 320 g/mol. The molecule has 1 aliphatic heterocycles. The molecule has 0 aromatic rings. The first-order valence-corrected chi connectivity index (χ1v) is 9.75. The lowest BCUT2D eigenvalue weighted by atomic mass is 9.63. The highest BCUT2D eigenvalue weighted by atomic mass is 35.5. The molecule has 2 nitrogen and oxygen atoms in total. The highest BCUT2D eigenvalue weighted by Gasteiger charge is 2.52. The Hall–Kier alpha value is -0.750. The number of rotatable bonds is 2. The van der Waals surface area contributed by atoms with E-state index in [9.17, 15) is 5.11 Å². The molecule has 1 heterocycles. The van der Waals surface area contributed by atoms with Crippen molar-refractivity contribution in [2.24, 2.45) is 29.6 Å². The van der Waals surface area contributed by atoms with Gasteiger partial charge in [-0.2, -0.15) is 0 Å². The van der Waals surface area contributed by atoms with E-state index in [0.29, 0.717) is 23.9 Å². The first kappa shape index (κ1) is 16.7. The van der Waals surface area contributed by atoms with E-state index in [4.69, 9.17) is 16.3 Å². The van der Waals surface area contributed by atoms with Gasteiger partial charge in [0.05, 0.1) is 23.7 Å². The van der Waals surface area contributed by atoms with E-state index in [1.54, 1.807) is 0 Å². The molecule has 0 bridgehead atoms. The number of halogens is 1. The third-order valence-electron chi connectivity index (χ3n) is 6.50. The molecule has 7 atom stereocenters. The van der Waals surface area contributed by atoms with Crippen LogP contribution in [-0.4, -0.2) is 22.9 Å². The van der Waals surface area contributed by atoms with Gasteiger partial charge in [-0.3, -0.25) is 0 Å². The van der Waals surface area contributed by atoms with Gasteiger partial charge in [0.2, 0.25) is 0 Å². The van der Waals surface area contributed by atoms with Gasteiger partial charge >= 0.3 is 0 Å². The van der Waals surface area contributed by atoms with Crippen molar-refractivity contribution in [3.8, 4) is 11.8 Å². The summed E-state index contributed by atoms with van der Waals surface area (Å²) in [5, 5.41) is 11.5. The molecule has 2 fully saturated rings. The van der Waals surface area contributed by atoms with Crippen LogP contribution in [-0.2, 0) is 4.74 Å². The van der Waals surface area contributed by atoms with Gasteiger partial charge in [-0.25, -0.2) is 0 Å². The van der Waals surface area contributed by atoms with E-state index < -0.39 is 5.60 Å². The molecule has 3 heteroatoms. The molecule has 0 spiro atoms. The summed E-state index contributed by atoms with van der Waals surface area (Å²) < 4.78 is 6.58. The molecule has 0 radical (unpaired) electrons. The van der Waals surface area contributed by atoms with Crippen LogP contribution in [0.4, 0.5) is 0 Å². The lowest BCUT2D eigenvalue weighted by Crippen LogP contribution is -2.45. The molecule has 0 aromatic carbocycles. The predicted molar refractivity (Wildman–Crippen MR) is 96.3 cm³/mol. The average molecular weight is 347 g/mol. The van der Waals surface area contributed by atoms with Crippen molar-refractivity contribution in [3.05, 3.63) is 23.3 Å². The normalized spacial score (nSPS) is 44.2. The molecule has 1 N–H and O–H groups in total. The van der Waals surface area contributed by atoms with Gasteiger partial charge in [-0.05, 0) is 51.4 Å². The van der Waals surface area contributed by atoms with Crippen LogP contribution in [0.15, 0.2) is 23.3 Å². The van der Waals surface area contributed by atoms with Crippen LogP contribution in [0.25, 0.3) is 0 Å². The summed E-state index contributed by atoms with van der Waals surface area (Å²) in [5.74, 6) is 7.76. The van der Waals surface area contributed by atoms with Crippen molar-refractivity contribution in [2.75, 3.05) is 0 Å². The molecule has 0 amide bonds. The second-order valence-electron chi connectivity index (χ2n) is 8.46. The van der Waals surface area contributed by atoms with E-state index in [2.05, 4.69) is 24.0 Å². The van der Waals surface area contributed by atoms with Gasteiger partial charge in [0.25, 0.3) is 0 Å². The average Bonchev–Trinajstić information content (AvgIpc) is 2.93. The minimum absolute atomic E-state index is 0.0878. The molecule has 24 heavy (non-hydrogen) atoms. The SMILES string of the molecule is CC(C)(O)C1C#CC=C(Cl)C1[C@H]1CCCC2C3C=CCC[C@H]3O[C@H]21. The Morgan fingerprint density at radius 2 is 2.04 bits per heavy atom. The molecule has 130 valence electrons. The van der Waals surface area contributed by atoms with Crippen LogP contribution < -0.4 is 0 Å². The molecule has 3 aliphatic carbocycles. The Labute approximate surface area is 150 Å². The van der Waals surface area contributed by atoms with E-state index in [1.165, 1.54) is 12.8 Å². The molecule has 1 saturated heterocycles. The molecule has 4 rings (SSSR count). The summed E-state index contributed by atoms with van der Waals surface area (Å²) in [7, 11) is 0. The lowest BCUT2D eigenvalue weighted by Gasteiger charge is -2.43. The topological polar surface area (TPSA) is 29.5 Å². The Kier molecular flexibility index (Phi) is 4.32. The minimum Gasteiger partial charge on any atom is -0.389 e. The highest BCUT2D eigenvalue weighted by molar-refractivity contribution is 6.30. The standard InChI is InChI=1S/C21H27ClO2/c1-21(2,23)16-10-6-11-17(22)19(16)15-9-5-8-14-13-7-3-4-12-18(13)24-20(14)15/h3,7,11,13-16,18-20,23H,4-5,8-9,12H2,1-2H3/t13?,14?,15-,16?,18-,19?,20-/m1/s1. The Balaban J connectivity index is 1.64. The van der Waals surface area contributed by atoms with E-state index >= 15 is 0 Å². The fraction of sp³-hybridized carbons (Fsp3) is 0.714. The highest BCUT2D eigenvalue weighted by Crippen LogP contribution is 2.52. The van der Waals surface area contributed by atoms with Gasteiger partial charge in [-0.1, -0.05) is 42.0 Å². The van der Waals surface area contributed by atoms with Crippen molar-refractivity contribution in [1.29, 1.82) is 0 Å². The number of aliphatic hydroxyl groups is 1. The fourth-order valence-corrected chi connectivity index (χ4v) is 5.80. The van der Waals surface area contributed by atoms with Crippen LogP contribution in [0, 0.1) is 41.4 Å². The Morgan fingerprint density at radius 1 is 1.25 bits per heavy atom. The molecule has 4 aliphatic rings. The van der Waals surface area contributed by atoms with Gasteiger partial charge in [0.1, 0.15) is 0 Å². The third-order valence-corrected chi connectivity index (χ3v) is 6.86. The number of hydrogen-bond acceptors (Lipinski definition) is 2. The van der Waals surface area contributed by atoms with Crippen LogP contribution in [0.2, 0.25) is 0 Å². The first-order chi connectivity index (χ1) is 11.5. The number of allylic oxidation sites excluding steroid dienone is 3. The van der Waals surface area contributed by atoms with Crippen LogP contribution in [0.3, 0.4) is 0 Å². The van der Waals surface area contributed by atoms with Gasteiger partial charge in [0.15, 0.2) is 0 Å². The van der Waals surface area contributed by atoms with E-state index in [0.717, 1.165) is 24.3 Å². The summed E-state index contributed by atoms with van der Waals surface area (Å²) in [6.07, 6.45) is 13.1. The van der Waals surface area contributed by atoms with Crippen molar-refractivity contribution in [2.45, 2.75) is 63.8 Å². The summed E-state index contributed by atoms with van der Waals surface area (Å²) in [6.45, 7) is 3.71. The zero-order chi connectivity index (χ0) is 16.9. The smallest absolute Gasteiger partial charge is 0.0735 e. The van der Waals surface area contributed by atoms with Gasteiger partial charge in [-0.15, -0.1) is 0 Å². The first-order valence-electron chi connectivity index (χ1n) is 9.38. The summed E-state index contributed by atoms with van der Waals surface area (Å²) in [6, 6.07) is 0. The third kappa shape index (κ3) is 2.75. The maximum Gasteiger partial charge on any atom is 0.0735 e. The zero-order valence-corrected chi connectivity index (χ0v) is 15.3. The Bertz CT molecular complexity index is 618. The number of fused-ring (bicyclic) bond motifs is 3. The van der Waals surface area contributed by atoms with E-state index in [-0.39, 0.29) is 17.9 Å². The van der Waals surface area contributed by atoms with Crippen LogP contribution >= 0.6 is 11.6 Å². The quantitative estimate of drug-likeness (QED) is 0.597. The second-order valence-corrected chi connectivity index (χ2v) is 8.89. The summed E-state index contributed by atoms with van der Waals surface area (Å²) in [5.41, 5.74) is -0.857. The molecular formula is C21H27ClO2. The van der Waals surface area contributed by atoms with Crippen LogP contribution in [0.1, 0.15) is 46.0 Å². The number of ether oxygens (including phenoxy) is 1. The second kappa shape index (κ2) is 6.20. The monoisotopic (exact) mass is 346 g/mol. The largest absolute Gasteiger partial charge is 0.389 e. The minimum atomic E-state index is -0.857. The molecule has 0 aromatic heterocycles. The van der Waals surface area contributed by atoms with Crippen molar-refractivity contribution < 1.29 is 9.84 Å². The zero-order valence-electron chi connectivity index (χ0n) is 14.5. The number of hydrogen-bond donors (Lipinski definition) is 1. The maximum atomic E-state index is 10.7. The predicted octanol–water partition coefficient (Wildman–Crippen LogP) is 4.28. The molecule has 4 unspecified atom stereocenters. The summed E-state index contributed by atoms with van der Waals surface area (Å²) >= 11 is 6.64. The van der Waals surface area contributed by atoms with Crippen LogP contribution in [0.5, 0.6) is 0 Å². The van der Waals surface area contributed by atoms with E-state index in [1.807, 2.05) is 19.9 Å². The van der Waals surface area contributed by atoms with Gasteiger partial charge < -0.3 is 9.84 Å². The maximum absolute atomic E-state index is 10.7. The lowest BCUT2D eigenvalue weighted by molar-refractivity contribution is -0.0583. The van der Waals surface area contributed by atoms with Crippen molar-refractivity contribution in [3.63, 3.8) is 0 Å². The Morgan fingerprint density at radius 3 is 2.83 bits per heavy atom. The fourth-order valence-electron chi connectivity index (χ4n) is 5.46. The van der Waals surface area contributed by atoms with Crippen molar-refractivity contribution >= 4 is 11.6 Å². The van der Waals surface area contributed by atoms with Gasteiger partial charge in [0, 0.05) is 22.9 Å². The van der Waals surface area contributed by atoms with Crippen molar-refractivity contribution in [1.82, 2.24) is 0 Å². The molecule has 1 saturated carbocycles. The summed E-state index contributed by atoms with van der Waals surface area (Å²) in [4.78, 5) is 0.